The highest BCUT2D eigenvalue weighted by Crippen LogP contribution is 2.07. The normalized spacial score (nSPS) is 12.3. The molecule has 1 aromatic carbocycles. The highest BCUT2D eigenvalue weighted by molar-refractivity contribution is 5.84. The van der Waals surface area contributed by atoms with Gasteiger partial charge in [0.05, 0.1) is 13.0 Å². The molecule has 2 N–H and O–H groups in total. The van der Waals surface area contributed by atoms with Crippen LogP contribution in [0.15, 0.2) is 36.4 Å². The predicted molar refractivity (Wildman–Crippen MR) is 79.9 cm³/mol. The number of benzene rings is 1. The Hall–Kier alpha value is -2.14. The SMILES string of the molecule is C/C=C/CC(NC(=O)Cc1cccc(COC)c1)C(=O)O. The smallest absolute Gasteiger partial charge is 0.326 e. The van der Waals surface area contributed by atoms with Crippen LogP contribution < -0.4 is 5.32 Å². The van der Waals surface area contributed by atoms with Gasteiger partial charge in [0.2, 0.25) is 5.91 Å². The average Bonchev–Trinajstić information content (AvgIpc) is 2.44. The van der Waals surface area contributed by atoms with Crippen LogP contribution in [0, 0.1) is 0 Å². The molecular weight excluding hydrogens is 270 g/mol. The first kappa shape index (κ1) is 16.9. The van der Waals surface area contributed by atoms with E-state index < -0.39 is 12.0 Å². The second kappa shape index (κ2) is 8.92. The summed E-state index contributed by atoms with van der Waals surface area (Å²) in [5, 5.41) is 11.6. The Morgan fingerprint density at radius 2 is 2.10 bits per heavy atom. The fourth-order valence-corrected chi connectivity index (χ4v) is 1.92. The van der Waals surface area contributed by atoms with Crippen LogP contribution in [0.3, 0.4) is 0 Å². The van der Waals surface area contributed by atoms with E-state index in [-0.39, 0.29) is 18.7 Å². The number of carbonyl (C=O) groups excluding carboxylic acids is 1. The first-order chi connectivity index (χ1) is 10.1. The number of nitrogens with one attached hydrogen (secondary N) is 1. The molecule has 0 saturated carbocycles. The van der Waals surface area contributed by atoms with E-state index in [0.29, 0.717) is 6.61 Å². The minimum atomic E-state index is -1.03. The fourth-order valence-electron chi connectivity index (χ4n) is 1.92. The molecule has 5 heteroatoms. The van der Waals surface area contributed by atoms with Crippen molar-refractivity contribution >= 4 is 11.9 Å². The van der Waals surface area contributed by atoms with Crippen LogP contribution in [0.4, 0.5) is 0 Å². The van der Waals surface area contributed by atoms with E-state index in [1.807, 2.05) is 31.2 Å². The van der Waals surface area contributed by atoms with Gasteiger partial charge in [-0.1, -0.05) is 36.4 Å². The molecule has 1 rings (SSSR count). The topological polar surface area (TPSA) is 75.6 Å². The summed E-state index contributed by atoms with van der Waals surface area (Å²) in [5.74, 6) is -1.34. The number of allylic oxidation sites excluding steroid dienone is 1. The molecule has 0 fully saturated rings. The maximum Gasteiger partial charge on any atom is 0.326 e. The van der Waals surface area contributed by atoms with E-state index in [9.17, 15) is 9.59 Å². The predicted octanol–water partition coefficient (Wildman–Crippen LogP) is 1.91. The minimum Gasteiger partial charge on any atom is -0.480 e. The van der Waals surface area contributed by atoms with E-state index in [1.54, 1.807) is 19.3 Å². The number of hydrogen-bond donors (Lipinski definition) is 2. The number of methoxy groups -OCH3 is 1. The van der Waals surface area contributed by atoms with E-state index >= 15 is 0 Å². The van der Waals surface area contributed by atoms with Gasteiger partial charge in [-0.3, -0.25) is 4.79 Å². The standard InChI is InChI=1S/C16H21NO4/c1-3-4-8-14(16(19)20)17-15(18)10-12-6-5-7-13(9-12)11-21-2/h3-7,9,14H,8,10-11H2,1-2H3,(H,17,18)(H,19,20)/b4-3+. The van der Waals surface area contributed by atoms with E-state index in [2.05, 4.69) is 5.32 Å². The summed E-state index contributed by atoms with van der Waals surface area (Å²) in [7, 11) is 1.61. The molecule has 0 spiro atoms. The van der Waals surface area contributed by atoms with Gasteiger partial charge < -0.3 is 15.2 Å². The van der Waals surface area contributed by atoms with Gasteiger partial charge in [0.25, 0.3) is 0 Å². The first-order valence-electron chi connectivity index (χ1n) is 6.77. The molecular formula is C16H21NO4. The zero-order valence-electron chi connectivity index (χ0n) is 12.3. The molecule has 1 amide bonds. The summed E-state index contributed by atoms with van der Waals surface area (Å²) in [4.78, 5) is 23.0. The second-order valence-corrected chi connectivity index (χ2v) is 4.69. The Kier molecular flexibility index (Phi) is 7.18. The monoisotopic (exact) mass is 291 g/mol. The summed E-state index contributed by atoms with van der Waals surface area (Å²) >= 11 is 0. The van der Waals surface area contributed by atoms with E-state index in [4.69, 9.17) is 9.84 Å². The first-order valence-corrected chi connectivity index (χ1v) is 6.77. The van der Waals surface area contributed by atoms with Crippen LogP contribution in [-0.2, 0) is 27.4 Å². The zero-order valence-corrected chi connectivity index (χ0v) is 12.3. The summed E-state index contributed by atoms with van der Waals surface area (Å²) in [5.41, 5.74) is 1.81. The molecule has 0 aromatic heterocycles. The molecule has 1 aromatic rings. The highest BCUT2D eigenvalue weighted by Gasteiger charge is 2.18. The number of ether oxygens (including phenoxy) is 1. The van der Waals surface area contributed by atoms with Crippen molar-refractivity contribution in [2.75, 3.05) is 7.11 Å². The van der Waals surface area contributed by atoms with Gasteiger partial charge in [-0.05, 0) is 24.5 Å². The Bertz CT molecular complexity index is 511. The largest absolute Gasteiger partial charge is 0.480 e. The Labute approximate surface area is 124 Å². The van der Waals surface area contributed by atoms with Crippen molar-refractivity contribution in [3.63, 3.8) is 0 Å². The fraction of sp³-hybridized carbons (Fsp3) is 0.375. The van der Waals surface area contributed by atoms with Crippen molar-refractivity contribution < 1.29 is 19.4 Å². The molecule has 1 atom stereocenters. The molecule has 0 saturated heterocycles. The van der Waals surface area contributed by atoms with Crippen molar-refractivity contribution in [2.45, 2.75) is 32.4 Å². The van der Waals surface area contributed by atoms with Crippen molar-refractivity contribution in [3.05, 3.63) is 47.5 Å². The summed E-state index contributed by atoms with van der Waals surface area (Å²) in [6, 6.07) is 6.59. The van der Waals surface area contributed by atoms with Gasteiger partial charge in [0.15, 0.2) is 0 Å². The second-order valence-electron chi connectivity index (χ2n) is 4.69. The van der Waals surface area contributed by atoms with Crippen LogP contribution >= 0.6 is 0 Å². The van der Waals surface area contributed by atoms with Crippen LogP contribution in [0.2, 0.25) is 0 Å². The molecule has 0 aliphatic rings. The number of carboxylic acids is 1. The number of amides is 1. The van der Waals surface area contributed by atoms with Crippen molar-refractivity contribution in [1.29, 1.82) is 0 Å². The van der Waals surface area contributed by atoms with Crippen LogP contribution in [-0.4, -0.2) is 30.1 Å². The van der Waals surface area contributed by atoms with E-state index in [0.717, 1.165) is 11.1 Å². The molecule has 1 unspecified atom stereocenters. The Morgan fingerprint density at radius 3 is 2.71 bits per heavy atom. The van der Waals surface area contributed by atoms with Crippen molar-refractivity contribution in [1.82, 2.24) is 5.32 Å². The van der Waals surface area contributed by atoms with Gasteiger partial charge >= 0.3 is 5.97 Å². The lowest BCUT2D eigenvalue weighted by Crippen LogP contribution is -2.41. The van der Waals surface area contributed by atoms with Crippen LogP contribution in [0.1, 0.15) is 24.5 Å². The Balaban J connectivity index is 2.63. The molecule has 0 aliphatic heterocycles. The van der Waals surface area contributed by atoms with Crippen molar-refractivity contribution in [2.24, 2.45) is 0 Å². The quantitative estimate of drug-likeness (QED) is 0.717. The third kappa shape index (κ3) is 6.23. The van der Waals surface area contributed by atoms with Crippen molar-refractivity contribution in [3.8, 4) is 0 Å². The number of carbonyl (C=O) groups is 2. The molecule has 0 bridgehead atoms. The molecule has 0 radical (unpaired) electrons. The summed E-state index contributed by atoms with van der Waals surface area (Å²) < 4.78 is 5.04. The maximum atomic E-state index is 11.9. The van der Waals surface area contributed by atoms with Gasteiger partial charge in [-0.25, -0.2) is 4.79 Å². The third-order valence-corrected chi connectivity index (χ3v) is 2.91. The molecule has 114 valence electrons. The number of aliphatic carboxylic acids is 1. The van der Waals surface area contributed by atoms with Crippen LogP contribution in [0.5, 0.6) is 0 Å². The lowest BCUT2D eigenvalue weighted by atomic mass is 10.1. The molecule has 5 nitrogen and oxygen atoms in total. The number of hydrogen-bond acceptors (Lipinski definition) is 3. The lowest BCUT2D eigenvalue weighted by Gasteiger charge is -2.13. The molecule has 0 heterocycles. The zero-order chi connectivity index (χ0) is 15.7. The number of rotatable bonds is 8. The third-order valence-electron chi connectivity index (χ3n) is 2.91. The lowest BCUT2D eigenvalue weighted by molar-refractivity contribution is -0.141. The summed E-state index contributed by atoms with van der Waals surface area (Å²) in [6.07, 6.45) is 3.91. The molecule has 21 heavy (non-hydrogen) atoms. The molecule has 0 aliphatic carbocycles. The number of carboxylic acid groups (broad SMARTS) is 1. The van der Waals surface area contributed by atoms with Gasteiger partial charge in [-0.15, -0.1) is 0 Å². The van der Waals surface area contributed by atoms with Gasteiger partial charge in [0, 0.05) is 7.11 Å². The van der Waals surface area contributed by atoms with Crippen LogP contribution in [0.25, 0.3) is 0 Å². The maximum absolute atomic E-state index is 11.9. The minimum absolute atomic E-state index is 0.150. The summed E-state index contributed by atoms with van der Waals surface area (Å²) in [6.45, 7) is 2.29. The highest BCUT2D eigenvalue weighted by atomic mass is 16.5. The Morgan fingerprint density at radius 1 is 1.38 bits per heavy atom. The van der Waals surface area contributed by atoms with Gasteiger partial charge in [0.1, 0.15) is 6.04 Å². The average molecular weight is 291 g/mol. The van der Waals surface area contributed by atoms with E-state index in [1.165, 1.54) is 0 Å². The van der Waals surface area contributed by atoms with Gasteiger partial charge in [-0.2, -0.15) is 0 Å².